The molecule has 1 aromatic heterocycles. The Labute approximate surface area is 102 Å². The van der Waals surface area contributed by atoms with Crippen molar-refractivity contribution >= 4 is 5.82 Å². The lowest BCUT2D eigenvalue weighted by molar-refractivity contribution is -0.142. The Morgan fingerprint density at radius 2 is 1.94 bits per heavy atom. The number of halogens is 3. The standard InChI is InChI=1S/C10H15F3N4O/c1-16-9(17-2-4-18-5-3-17)7(6-14)8(15-16)10(11,12)13/h2-6,14H2,1H3. The summed E-state index contributed by atoms with van der Waals surface area (Å²) in [5.41, 5.74) is 4.61. The van der Waals surface area contributed by atoms with Crippen molar-refractivity contribution in [3.8, 4) is 0 Å². The molecule has 1 aromatic rings. The smallest absolute Gasteiger partial charge is 0.378 e. The van der Waals surface area contributed by atoms with Gasteiger partial charge in [-0.25, -0.2) is 0 Å². The highest BCUT2D eigenvalue weighted by Gasteiger charge is 2.39. The van der Waals surface area contributed by atoms with Gasteiger partial charge < -0.3 is 15.4 Å². The van der Waals surface area contributed by atoms with Crippen molar-refractivity contribution in [3.05, 3.63) is 11.3 Å². The molecular formula is C10H15F3N4O. The maximum Gasteiger partial charge on any atom is 0.435 e. The lowest BCUT2D eigenvalue weighted by Gasteiger charge is -2.29. The van der Waals surface area contributed by atoms with Crippen LogP contribution in [0.4, 0.5) is 19.0 Å². The van der Waals surface area contributed by atoms with Crippen LogP contribution in [0.3, 0.4) is 0 Å². The minimum Gasteiger partial charge on any atom is -0.378 e. The van der Waals surface area contributed by atoms with E-state index in [1.165, 1.54) is 11.7 Å². The largest absolute Gasteiger partial charge is 0.435 e. The average molecular weight is 264 g/mol. The molecule has 1 aliphatic heterocycles. The first kappa shape index (κ1) is 13.2. The second kappa shape index (κ2) is 4.77. The molecule has 102 valence electrons. The fourth-order valence-electron chi connectivity index (χ4n) is 2.15. The number of aromatic nitrogens is 2. The molecular weight excluding hydrogens is 249 g/mol. The number of nitrogens with two attached hydrogens (primary N) is 1. The van der Waals surface area contributed by atoms with Crippen LogP contribution in [-0.2, 0) is 24.5 Å². The molecule has 0 amide bonds. The van der Waals surface area contributed by atoms with Gasteiger partial charge in [-0.2, -0.15) is 18.3 Å². The van der Waals surface area contributed by atoms with Gasteiger partial charge in [0.15, 0.2) is 5.69 Å². The van der Waals surface area contributed by atoms with Gasteiger partial charge in [-0.05, 0) is 0 Å². The van der Waals surface area contributed by atoms with E-state index in [0.717, 1.165) is 0 Å². The van der Waals surface area contributed by atoms with Gasteiger partial charge in [-0.15, -0.1) is 0 Å². The van der Waals surface area contributed by atoms with Crippen LogP contribution in [0.5, 0.6) is 0 Å². The highest BCUT2D eigenvalue weighted by Crippen LogP contribution is 2.35. The third-order valence-corrected chi connectivity index (χ3v) is 2.90. The van der Waals surface area contributed by atoms with Gasteiger partial charge >= 0.3 is 6.18 Å². The van der Waals surface area contributed by atoms with E-state index in [4.69, 9.17) is 10.5 Å². The molecule has 1 fully saturated rings. The van der Waals surface area contributed by atoms with Crippen LogP contribution >= 0.6 is 0 Å². The molecule has 2 rings (SSSR count). The maximum absolute atomic E-state index is 12.8. The first-order valence-corrected chi connectivity index (χ1v) is 5.61. The Bertz CT molecular complexity index is 423. The van der Waals surface area contributed by atoms with Crippen molar-refractivity contribution in [3.63, 3.8) is 0 Å². The number of aryl methyl sites for hydroxylation is 1. The minimum atomic E-state index is -4.48. The molecule has 0 unspecified atom stereocenters. The van der Waals surface area contributed by atoms with Gasteiger partial charge in [-0.1, -0.05) is 0 Å². The van der Waals surface area contributed by atoms with Crippen molar-refractivity contribution in [1.29, 1.82) is 0 Å². The van der Waals surface area contributed by atoms with Gasteiger partial charge in [0.05, 0.1) is 13.2 Å². The van der Waals surface area contributed by atoms with E-state index < -0.39 is 11.9 Å². The summed E-state index contributed by atoms with van der Waals surface area (Å²) in [7, 11) is 1.50. The quantitative estimate of drug-likeness (QED) is 0.855. The molecule has 2 heterocycles. The summed E-state index contributed by atoms with van der Waals surface area (Å²) >= 11 is 0. The third-order valence-electron chi connectivity index (χ3n) is 2.90. The van der Waals surface area contributed by atoms with Crippen LogP contribution in [0.2, 0.25) is 0 Å². The molecule has 18 heavy (non-hydrogen) atoms. The van der Waals surface area contributed by atoms with E-state index in [0.29, 0.717) is 32.1 Å². The van der Waals surface area contributed by atoms with Crippen LogP contribution < -0.4 is 10.6 Å². The zero-order chi connectivity index (χ0) is 13.3. The number of ether oxygens (including phenoxy) is 1. The minimum absolute atomic E-state index is 0.0481. The molecule has 0 aromatic carbocycles. The average Bonchev–Trinajstić information content (AvgIpc) is 2.67. The molecule has 0 saturated carbocycles. The van der Waals surface area contributed by atoms with E-state index in [1.807, 2.05) is 4.90 Å². The van der Waals surface area contributed by atoms with Crippen molar-refractivity contribution in [2.75, 3.05) is 31.2 Å². The second-order valence-corrected chi connectivity index (χ2v) is 4.08. The van der Waals surface area contributed by atoms with Crippen LogP contribution in [0.25, 0.3) is 0 Å². The molecule has 1 aliphatic rings. The molecule has 0 radical (unpaired) electrons. The third kappa shape index (κ3) is 2.30. The van der Waals surface area contributed by atoms with E-state index in [-0.39, 0.29) is 12.1 Å². The molecule has 8 heteroatoms. The van der Waals surface area contributed by atoms with E-state index in [2.05, 4.69) is 5.10 Å². The van der Waals surface area contributed by atoms with Gasteiger partial charge in [0.25, 0.3) is 0 Å². The van der Waals surface area contributed by atoms with E-state index >= 15 is 0 Å². The number of anilines is 1. The normalized spacial score (nSPS) is 17.3. The molecule has 0 bridgehead atoms. The van der Waals surface area contributed by atoms with E-state index in [9.17, 15) is 13.2 Å². The highest BCUT2D eigenvalue weighted by atomic mass is 19.4. The second-order valence-electron chi connectivity index (χ2n) is 4.08. The summed E-state index contributed by atoms with van der Waals surface area (Å²) in [5.74, 6) is 0.438. The fraction of sp³-hybridized carbons (Fsp3) is 0.700. The molecule has 0 aliphatic carbocycles. The predicted molar refractivity (Wildman–Crippen MR) is 59.1 cm³/mol. The monoisotopic (exact) mass is 264 g/mol. The summed E-state index contributed by atoms with van der Waals surface area (Å²) in [6, 6.07) is 0. The van der Waals surface area contributed by atoms with Gasteiger partial charge in [-0.3, -0.25) is 4.68 Å². The van der Waals surface area contributed by atoms with E-state index in [1.54, 1.807) is 0 Å². The van der Waals surface area contributed by atoms with Crippen LogP contribution in [0.15, 0.2) is 0 Å². The molecule has 5 nitrogen and oxygen atoms in total. The summed E-state index contributed by atoms with van der Waals surface area (Å²) in [6.45, 7) is 1.90. The molecule has 1 saturated heterocycles. The SMILES string of the molecule is Cn1nc(C(F)(F)F)c(CN)c1N1CCOCC1. The fourth-order valence-corrected chi connectivity index (χ4v) is 2.15. The van der Waals surface area contributed by atoms with Crippen molar-refractivity contribution in [2.45, 2.75) is 12.7 Å². The van der Waals surface area contributed by atoms with Crippen LogP contribution in [-0.4, -0.2) is 36.1 Å². The topological polar surface area (TPSA) is 56.3 Å². The lowest BCUT2D eigenvalue weighted by atomic mass is 10.2. The van der Waals surface area contributed by atoms with Crippen LogP contribution in [0.1, 0.15) is 11.3 Å². The number of morpholine rings is 1. The first-order chi connectivity index (χ1) is 8.45. The molecule has 0 atom stereocenters. The van der Waals surface area contributed by atoms with Crippen molar-refractivity contribution < 1.29 is 17.9 Å². The summed E-state index contributed by atoms with van der Waals surface area (Å²) in [6.07, 6.45) is -4.48. The van der Waals surface area contributed by atoms with Gasteiger partial charge in [0.1, 0.15) is 5.82 Å². The number of rotatable bonds is 2. The molecule has 0 spiro atoms. The Balaban J connectivity index is 2.43. The number of nitrogens with zero attached hydrogens (tertiary/aromatic N) is 3. The zero-order valence-electron chi connectivity index (χ0n) is 10.00. The predicted octanol–water partition coefficient (Wildman–Crippen LogP) is 0.734. The maximum atomic E-state index is 12.8. The van der Waals surface area contributed by atoms with Crippen molar-refractivity contribution in [2.24, 2.45) is 12.8 Å². The Morgan fingerprint density at radius 3 is 2.44 bits per heavy atom. The number of hydrogen-bond acceptors (Lipinski definition) is 4. The number of hydrogen-bond donors (Lipinski definition) is 1. The van der Waals surface area contributed by atoms with Gasteiger partial charge in [0, 0.05) is 32.2 Å². The summed E-state index contributed by atoms with van der Waals surface area (Å²) in [5, 5.41) is 3.56. The van der Waals surface area contributed by atoms with Crippen LogP contribution in [0, 0.1) is 0 Å². The Kier molecular flexibility index (Phi) is 3.49. The number of alkyl halides is 3. The molecule has 2 N–H and O–H groups in total. The van der Waals surface area contributed by atoms with Gasteiger partial charge in [0.2, 0.25) is 0 Å². The zero-order valence-corrected chi connectivity index (χ0v) is 10.00. The Morgan fingerprint density at radius 1 is 1.33 bits per heavy atom. The first-order valence-electron chi connectivity index (χ1n) is 5.61. The Hall–Kier alpha value is -1.28. The highest BCUT2D eigenvalue weighted by molar-refractivity contribution is 5.51. The van der Waals surface area contributed by atoms with Crippen molar-refractivity contribution in [1.82, 2.24) is 9.78 Å². The lowest BCUT2D eigenvalue weighted by Crippen LogP contribution is -2.38. The summed E-state index contributed by atoms with van der Waals surface area (Å²) in [4.78, 5) is 1.83. The summed E-state index contributed by atoms with van der Waals surface area (Å²) < 4.78 is 44.9.